The van der Waals surface area contributed by atoms with Crippen LogP contribution in [0.15, 0.2) is 10.2 Å². The molecule has 0 N–H and O–H groups in total. The number of carbonyl (C=O) groups is 4. The van der Waals surface area contributed by atoms with Crippen LogP contribution in [-0.4, -0.2) is 94.6 Å². The first-order chi connectivity index (χ1) is 14.7. The van der Waals surface area contributed by atoms with E-state index < -0.39 is 0 Å². The molecule has 1 fully saturated rings. The number of carbonyl (C=O) groups excluding carboxylic acids is 4. The first-order valence-corrected chi connectivity index (χ1v) is 11.0. The lowest BCUT2D eigenvalue weighted by molar-refractivity contribution is -0.132. The van der Waals surface area contributed by atoms with Crippen molar-refractivity contribution in [2.75, 3.05) is 33.7 Å². The monoisotopic (exact) mass is 432 g/mol. The van der Waals surface area contributed by atoms with E-state index in [1.807, 2.05) is 13.8 Å². The van der Waals surface area contributed by atoms with Gasteiger partial charge >= 0.3 is 0 Å². The van der Waals surface area contributed by atoms with E-state index in [-0.39, 0.29) is 42.0 Å². The Morgan fingerprint density at radius 3 is 2.16 bits per heavy atom. The largest absolute Gasteiger partial charge is 0.337 e. The van der Waals surface area contributed by atoms with Crippen molar-refractivity contribution in [3.8, 4) is 0 Å². The number of amides is 4. The standard InChI is InChI=1S/C21H32N6O4/c1-14(2)27(21(31)17-8-10-19(29)25(4)23-17)13-15-6-5-11-26(12-15)20(30)16-7-9-18(28)24(3)22-16/h14-15H,5-13H2,1-4H3/t15-/m1/s1. The fraction of sp³-hybridized carbons (Fsp3) is 0.714. The first-order valence-electron chi connectivity index (χ1n) is 11.0. The van der Waals surface area contributed by atoms with E-state index in [2.05, 4.69) is 10.2 Å². The summed E-state index contributed by atoms with van der Waals surface area (Å²) >= 11 is 0. The zero-order chi connectivity index (χ0) is 22.7. The van der Waals surface area contributed by atoms with Gasteiger partial charge in [0.2, 0.25) is 11.8 Å². The predicted molar refractivity (Wildman–Crippen MR) is 115 cm³/mol. The third kappa shape index (κ3) is 5.29. The lowest BCUT2D eigenvalue weighted by Gasteiger charge is -2.38. The minimum absolute atomic E-state index is 0.0217. The molecule has 1 saturated heterocycles. The molecule has 0 aromatic carbocycles. The summed E-state index contributed by atoms with van der Waals surface area (Å²) in [7, 11) is 3.14. The summed E-state index contributed by atoms with van der Waals surface area (Å²) in [5, 5.41) is 10.8. The highest BCUT2D eigenvalue weighted by molar-refractivity contribution is 6.40. The molecule has 3 heterocycles. The van der Waals surface area contributed by atoms with E-state index in [1.54, 1.807) is 23.9 Å². The molecule has 0 spiro atoms. The van der Waals surface area contributed by atoms with Gasteiger partial charge in [0.05, 0.1) is 0 Å². The summed E-state index contributed by atoms with van der Waals surface area (Å²) < 4.78 is 0. The second kappa shape index (κ2) is 9.57. The van der Waals surface area contributed by atoms with Crippen LogP contribution in [0.1, 0.15) is 52.4 Å². The number of hydrazone groups is 2. The molecule has 0 unspecified atom stereocenters. The smallest absolute Gasteiger partial charge is 0.270 e. The third-order valence-corrected chi connectivity index (χ3v) is 6.05. The molecule has 0 saturated carbocycles. The maximum atomic E-state index is 13.1. The Kier molecular flexibility index (Phi) is 7.07. The molecule has 4 amide bonds. The Morgan fingerprint density at radius 1 is 1.00 bits per heavy atom. The molecular weight excluding hydrogens is 400 g/mol. The van der Waals surface area contributed by atoms with Crippen LogP contribution in [0.5, 0.6) is 0 Å². The molecule has 3 rings (SSSR count). The molecule has 0 aromatic heterocycles. The Balaban J connectivity index is 1.66. The highest BCUT2D eigenvalue weighted by Gasteiger charge is 2.33. The van der Waals surface area contributed by atoms with Crippen LogP contribution in [0.3, 0.4) is 0 Å². The molecule has 10 heteroatoms. The van der Waals surface area contributed by atoms with Crippen LogP contribution < -0.4 is 0 Å². The van der Waals surface area contributed by atoms with Crippen LogP contribution in [0.4, 0.5) is 0 Å². The number of rotatable bonds is 5. The fourth-order valence-corrected chi connectivity index (χ4v) is 4.20. The van der Waals surface area contributed by atoms with Crippen molar-refractivity contribution in [1.29, 1.82) is 0 Å². The van der Waals surface area contributed by atoms with Crippen LogP contribution in [-0.2, 0) is 19.2 Å². The molecule has 0 bridgehead atoms. The summed E-state index contributed by atoms with van der Waals surface area (Å²) in [5.74, 6) is -0.293. The van der Waals surface area contributed by atoms with E-state index in [0.29, 0.717) is 50.3 Å². The number of piperidine rings is 1. The Morgan fingerprint density at radius 2 is 1.58 bits per heavy atom. The van der Waals surface area contributed by atoms with Gasteiger partial charge in [-0.05, 0) is 32.6 Å². The van der Waals surface area contributed by atoms with Gasteiger partial charge in [0, 0.05) is 65.5 Å². The molecule has 1 atom stereocenters. The van der Waals surface area contributed by atoms with Gasteiger partial charge in [-0.1, -0.05) is 0 Å². The van der Waals surface area contributed by atoms with Crippen LogP contribution in [0.2, 0.25) is 0 Å². The van der Waals surface area contributed by atoms with Gasteiger partial charge in [-0.3, -0.25) is 19.2 Å². The van der Waals surface area contributed by atoms with Crippen LogP contribution >= 0.6 is 0 Å². The minimum Gasteiger partial charge on any atom is -0.337 e. The van der Waals surface area contributed by atoms with Crippen molar-refractivity contribution < 1.29 is 19.2 Å². The number of hydrogen-bond acceptors (Lipinski definition) is 6. The van der Waals surface area contributed by atoms with E-state index in [1.165, 1.54) is 10.0 Å². The summed E-state index contributed by atoms with van der Waals surface area (Å²) in [6, 6.07) is -0.0217. The van der Waals surface area contributed by atoms with Gasteiger partial charge in [0.25, 0.3) is 11.8 Å². The summed E-state index contributed by atoms with van der Waals surface area (Å²) in [6.07, 6.45) is 3.09. The van der Waals surface area contributed by atoms with E-state index in [9.17, 15) is 19.2 Å². The summed E-state index contributed by atoms with van der Waals surface area (Å²) in [4.78, 5) is 53.0. The fourth-order valence-electron chi connectivity index (χ4n) is 4.20. The number of hydrogen-bond donors (Lipinski definition) is 0. The third-order valence-electron chi connectivity index (χ3n) is 6.05. The van der Waals surface area contributed by atoms with Crippen molar-refractivity contribution in [3.05, 3.63) is 0 Å². The summed E-state index contributed by atoms with van der Waals surface area (Å²) in [5.41, 5.74) is 0.826. The SMILES string of the molecule is CC(C)N(C[C@@H]1CCCN(C(=O)C2=NN(C)C(=O)CC2)C1)C(=O)C1=NN(C)C(=O)CC1. The van der Waals surface area contributed by atoms with Crippen LogP contribution in [0.25, 0.3) is 0 Å². The van der Waals surface area contributed by atoms with Gasteiger partial charge in [0.1, 0.15) is 11.4 Å². The predicted octanol–water partition coefficient (Wildman–Crippen LogP) is 0.678. The topological polar surface area (TPSA) is 106 Å². The van der Waals surface area contributed by atoms with Crippen molar-refractivity contribution in [3.63, 3.8) is 0 Å². The lowest BCUT2D eigenvalue weighted by atomic mass is 9.95. The van der Waals surface area contributed by atoms with Crippen molar-refractivity contribution >= 4 is 35.1 Å². The lowest BCUT2D eigenvalue weighted by Crippen LogP contribution is -2.50. The van der Waals surface area contributed by atoms with Crippen molar-refractivity contribution in [1.82, 2.24) is 19.8 Å². The van der Waals surface area contributed by atoms with Gasteiger partial charge in [0.15, 0.2) is 0 Å². The van der Waals surface area contributed by atoms with Crippen molar-refractivity contribution in [2.45, 2.75) is 58.4 Å². The average molecular weight is 433 g/mol. The molecule has 0 aromatic rings. The Bertz CT molecular complexity index is 821. The van der Waals surface area contributed by atoms with Gasteiger partial charge in [-0.25, -0.2) is 10.0 Å². The number of nitrogens with zero attached hydrogens (tertiary/aromatic N) is 6. The Labute approximate surface area is 182 Å². The maximum Gasteiger partial charge on any atom is 0.270 e. The Hall–Kier alpha value is -2.78. The van der Waals surface area contributed by atoms with E-state index >= 15 is 0 Å². The molecule has 0 radical (unpaired) electrons. The molecule has 0 aliphatic carbocycles. The zero-order valence-corrected chi connectivity index (χ0v) is 18.8. The van der Waals surface area contributed by atoms with Gasteiger partial charge < -0.3 is 9.80 Å². The highest BCUT2D eigenvalue weighted by Crippen LogP contribution is 2.21. The van der Waals surface area contributed by atoms with E-state index in [4.69, 9.17) is 0 Å². The number of likely N-dealkylation sites (tertiary alicyclic amines) is 1. The molecule has 170 valence electrons. The molecule has 10 nitrogen and oxygen atoms in total. The maximum absolute atomic E-state index is 13.1. The highest BCUT2D eigenvalue weighted by atomic mass is 16.2. The van der Waals surface area contributed by atoms with Crippen molar-refractivity contribution in [2.24, 2.45) is 16.1 Å². The second-order valence-electron chi connectivity index (χ2n) is 8.74. The first kappa shape index (κ1) is 22.9. The van der Waals surface area contributed by atoms with Crippen LogP contribution in [0, 0.1) is 5.92 Å². The summed E-state index contributed by atoms with van der Waals surface area (Å²) in [6.45, 7) is 5.66. The second-order valence-corrected chi connectivity index (χ2v) is 8.74. The molecule has 31 heavy (non-hydrogen) atoms. The zero-order valence-electron chi connectivity index (χ0n) is 18.8. The normalized spacial score (nSPS) is 22.5. The van der Waals surface area contributed by atoms with Gasteiger partial charge in [-0.15, -0.1) is 0 Å². The minimum atomic E-state index is -0.144. The van der Waals surface area contributed by atoms with E-state index in [0.717, 1.165) is 12.8 Å². The average Bonchev–Trinajstić information content (AvgIpc) is 2.75. The van der Waals surface area contributed by atoms with Gasteiger partial charge in [-0.2, -0.15) is 10.2 Å². The molecule has 3 aliphatic rings. The quantitative estimate of drug-likeness (QED) is 0.637. The molecular formula is C21H32N6O4. The molecule has 3 aliphatic heterocycles.